The van der Waals surface area contributed by atoms with Crippen LogP contribution in [0.2, 0.25) is 0 Å². The summed E-state index contributed by atoms with van der Waals surface area (Å²) in [6.07, 6.45) is -4.73. The second-order valence-electron chi connectivity index (χ2n) is 10.6. The van der Waals surface area contributed by atoms with Crippen molar-refractivity contribution in [3.05, 3.63) is 43.5 Å². The van der Waals surface area contributed by atoms with E-state index in [0.29, 0.717) is 4.57 Å². The average molecular weight is 593 g/mol. The van der Waals surface area contributed by atoms with E-state index >= 15 is 0 Å². The van der Waals surface area contributed by atoms with Crippen LogP contribution in [0.3, 0.4) is 0 Å². The molecule has 0 aromatic carbocycles. The van der Waals surface area contributed by atoms with E-state index in [1.54, 1.807) is 41.5 Å². The third-order valence-corrected chi connectivity index (χ3v) is 6.49. The van der Waals surface area contributed by atoms with Gasteiger partial charge >= 0.3 is 25.5 Å². The number of hydrogen-bond donors (Lipinski definition) is 3. The highest BCUT2D eigenvalue weighted by Crippen LogP contribution is 2.51. The molecule has 1 aliphatic rings. The molecular weight excluding hydrogens is 561 g/mol. The fraction of sp³-hybridized carbons (Fsp3) is 0.714. The smallest absolute Gasteiger partial charge is 0.437 e. The van der Waals surface area contributed by atoms with Crippen LogP contribution in [0.4, 0.5) is 0 Å². The van der Waals surface area contributed by atoms with Crippen molar-refractivity contribution >= 4 is 19.8 Å². The number of aromatic amines is 1. The Balaban J connectivity index is 2.28. The standard InChI is InChI=1S/C21H32N5O13P/c1-19(2,3)16(30)34-10-37-40(33,38-11-35-17(31)20(4,5)6)36-9-21(24-25-22)14(29)13(28)15(39-21)26-8-7-12(27)23-18(26)32/h7-8,13-15,28-29H,9-11H2,1-6H3,(H,23,27,32)/t13-,14?,15+,21+/m0/s1. The number of esters is 2. The molecule has 1 aromatic rings. The van der Waals surface area contributed by atoms with E-state index in [2.05, 4.69) is 10.0 Å². The van der Waals surface area contributed by atoms with Crippen molar-refractivity contribution in [1.82, 2.24) is 9.55 Å². The van der Waals surface area contributed by atoms with Gasteiger partial charge in [0.2, 0.25) is 19.3 Å². The van der Waals surface area contributed by atoms with E-state index in [9.17, 15) is 34.0 Å². The lowest BCUT2D eigenvalue weighted by Gasteiger charge is -2.28. The first-order chi connectivity index (χ1) is 18.3. The Morgan fingerprint density at radius 1 is 1.10 bits per heavy atom. The molecule has 0 saturated carbocycles. The average Bonchev–Trinajstić information content (AvgIpc) is 3.07. The van der Waals surface area contributed by atoms with Gasteiger partial charge in [0.05, 0.1) is 17.4 Å². The summed E-state index contributed by atoms with van der Waals surface area (Å²) in [5.74, 6) is -1.48. The van der Waals surface area contributed by atoms with Gasteiger partial charge in [-0.1, -0.05) is 5.11 Å². The molecule has 2 heterocycles. The van der Waals surface area contributed by atoms with Crippen molar-refractivity contribution in [2.75, 3.05) is 20.2 Å². The third-order valence-electron chi connectivity index (χ3n) is 5.20. The van der Waals surface area contributed by atoms with Crippen molar-refractivity contribution in [3.63, 3.8) is 0 Å². The van der Waals surface area contributed by atoms with E-state index in [1.165, 1.54) is 0 Å². The number of aliphatic hydroxyl groups is 2. The number of phosphoric ester groups is 1. The minimum atomic E-state index is -4.84. The maximum Gasteiger partial charge on any atom is 0.480 e. The number of aliphatic hydroxyl groups excluding tert-OH is 2. The number of hydrogen-bond acceptors (Lipinski definition) is 14. The number of azide groups is 1. The molecule has 0 bridgehead atoms. The summed E-state index contributed by atoms with van der Waals surface area (Å²) in [5, 5.41) is 24.5. The molecule has 18 nitrogen and oxygen atoms in total. The highest BCUT2D eigenvalue weighted by molar-refractivity contribution is 7.48. The fourth-order valence-corrected chi connectivity index (χ4v) is 3.86. The summed E-state index contributed by atoms with van der Waals surface area (Å²) in [6.45, 7) is 6.28. The van der Waals surface area contributed by atoms with Gasteiger partial charge in [0, 0.05) is 17.2 Å². The molecule has 3 N–H and O–H groups in total. The molecule has 1 saturated heterocycles. The summed E-state index contributed by atoms with van der Waals surface area (Å²) in [5.41, 5.74) is 2.90. The fourth-order valence-electron chi connectivity index (χ4n) is 2.93. The molecule has 0 radical (unpaired) electrons. The van der Waals surface area contributed by atoms with E-state index in [4.69, 9.17) is 33.3 Å². The van der Waals surface area contributed by atoms with Gasteiger partial charge in [0.15, 0.2) is 6.23 Å². The zero-order chi connectivity index (χ0) is 30.5. The van der Waals surface area contributed by atoms with Gasteiger partial charge in [0.1, 0.15) is 12.2 Å². The maximum absolute atomic E-state index is 13.3. The Kier molecular flexibility index (Phi) is 10.4. The molecule has 1 unspecified atom stereocenters. The van der Waals surface area contributed by atoms with Crippen LogP contribution in [0.1, 0.15) is 47.8 Å². The number of nitrogens with one attached hydrogen (secondary N) is 1. The Morgan fingerprint density at radius 2 is 1.62 bits per heavy atom. The zero-order valence-electron chi connectivity index (χ0n) is 22.6. The van der Waals surface area contributed by atoms with Crippen LogP contribution >= 0.6 is 7.82 Å². The number of carbonyl (C=O) groups is 2. The molecule has 4 atom stereocenters. The largest absolute Gasteiger partial charge is 0.480 e. The molecule has 40 heavy (non-hydrogen) atoms. The molecule has 0 aliphatic carbocycles. The van der Waals surface area contributed by atoms with Gasteiger partial charge in [0.25, 0.3) is 5.56 Å². The van der Waals surface area contributed by atoms with Gasteiger partial charge in [-0.2, -0.15) is 0 Å². The lowest BCUT2D eigenvalue weighted by Crippen LogP contribution is -2.45. The van der Waals surface area contributed by atoms with Gasteiger partial charge in [-0.05, 0) is 47.1 Å². The van der Waals surface area contributed by atoms with Gasteiger partial charge in [-0.3, -0.25) is 28.5 Å². The van der Waals surface area contributed by atoms with E-state index < -0.39 is 86.2 Å². The zero-order valence-corrected chi connectivity index (χ0v) is 23.5. The first-order valence-electron chi connectivity index (χ1n) is 11.6. The molecule has 0 spiro atoms. The summed E-state index contributed by atoms with van der Waals surface area (Å²) in [6, 6.07) is 0.932. The number of carbonyl (C=O) groups excluding carboxylic acids is 2. The number of rotatable bonds is 11. The molecule has 1 aromatic heterocycles. The minimum absolute atomic E-state index is 0.703. The molecule has 1 aliphatic heterocycles. The summed E-state index contributed by atoms with van der Waals surface area (Å²) in [4.78, 5) is 52.1. The van der Waals surface area contributed by atoms with E-state index in [-0.39, 0.29) is 0 Å². The van der Waals surface area contributed by atoms with Crippen LogP contribution in [0.25, 0.3) is 10.4 Å². The number of phosphoric acid groups is 1. The highest BCUT2D eigenvalue weighted by atomic mass is 31.2. The topological polar surface area (TPSA) is 251 Å². The third kappa shape index (κ3) is 8.22. The molecule has 0 amide bonds. The van der Waals surface area contributed by atoms with Crippen LogP contribution in [0.15, 0.2) is 27.0 Å². The second-order valence-corrected chi connectivity index (χ2v) is 12.2. The summed E-state index contributed by atoms with van der Waals surface area (Å²) >= 11 is 0. The minimum Gasteiger partial charge on any atom is -0.437 e. The summed E-state index contributed by atoms with van der Waals surface area (Å²) < 4.78 is 44.5. The normalized spacial score (nSPS) is 23.4. The number of H-pyrrole nitrogens is 1. The molecule has 19 heteroatoms. The number of aromatic nitrogens is 2. The van der Waals surface area contributed by atoms with Crippen LogP contribution in [0.5, 0.6) is 0 Å². The Hall–Kier alpha value is -3.08. The lowest BCUT2D eigenvalue weighted by molar-refractivity contribution is -0.165. The van der Waals surface area contributed by atoms with E-state index in [0.717, 1.165) is 12.3 Å². The Morgan fingerprint density at radius 3 is 2.08 bits per heavy atom. The Labute approximate surface area is 227 Å². The first kappa shape index (κ1) is 33.1. The van der Waals surface area contributed by atoms with Gasteiger partial charge < -0.3 is 24.4 Å². The van der Waals surface area contributed by atoms with Gasteiger partial charge in [-0.15, -0.1) is 0 Å². The first-order valence-corrected chi connectivity index (χ1v) is 13.1. The predicted octanol–water partition coefficient (Wildman–Crippen LogP) is 1.05. The monoisotopic (exact) mass is 593 g/mol. The van der Waals surface area contributed by atoms with Crippen molar-refractivity contribution in [3.8, 4) is 0 Å². The lowest BCUT2D eigenvalue weighted by atomic mass is 9.98. The molecule has 2 rings (SSSR count). The summed E-state index contributed by atoms with van der Waals surface area (Å²) in [7, 11) is -4.84. The van der Waals surface area contributed by atoms with Crippen molar-refractivity contribution < 1.29 is 52.1 Å². The maximum atomic E-state index is 13.3. The predicted molar refractivity (Wildman–Crippen MR) is 132 cm³/mol. The van der Waals surface area contributed by atoms with Crippen LogP contribution < -0.4 is 11.2 Å². The quantitative estimate of drug-likeness (QED) is 0.0811. The SMILES string of the molecule is CC(C)(C)C(=O)OCOP(=O)(OCOC(=O)C(C)(C)C)OC[C@@]1(N=[N+]=[N-])O[C@@H](n2ccc(=O)[nH]c2=O)[C@@H](O)C1O. The molecule has 224 valence electrons. The highest BCUT2D eigenvalue weighted by Gasteiger charge is 2.56. The molecular formula is C21H32N5O13P. The number of ether oxygens (including phenoxy) is 3. The second kappa shape index (κ2) is 12.6. The van der Waals surface area contributed by atoms with E-state index in [1.807, 2.05) is 4.98 Å². The Bertz CT molecular complexity index is 1260. The van der Waals surface area contributed by atoms with Crippen molar-refractivity contribution in [2.24, 2.45) is 15.9 Å². The molecule has 1 fully saturated rings. The van der Waals surface area contributed by atoms with Crippen molar-refractivity contribution in [2.45, 2.75) is 65.7 Å². The van der Waals surface area contributed by atoms with Crippen LogP contribution in [0, 0.1) is 10.8 Å². The van der Waals surface area contributed by atoms with Crippen LogP contribution in [-0.2, 0) is 41.9 Å². The van der Waals surface area contributed by atoms with Gasteiger partial charge in [-0.25, -0.2) is 18.4 Å². The van der Waals surface area contributed by atoms with Crippen LogP contribution in [-0.4, -0.2) is 69.8 Å². The van der Waals surface area contributed by atoms with Crippen molar-refractivity contribution in [1.29, 1.82) is 0 Å². The number of nitrogens with zero attached hydrogens (tertiary/aromatic N) is 4.